The number of hydrogen-bond acceptors (Lipinski definition) is 8. The molecule has 0 aromatic heterocycles. The zero-order valence-electron chi connectivity index (χ0n) is 54.2. The molecule has 0 bridgehead atoms. The maximum atomic E-state index is 12.9. The Balaban J connectivity index is 3.93. The molecule has 81 heavy (non-hydrogen) atoms. The Hall–Kier alpha value is -2.03. The Kier molecular flexibility index (Phi) is 60.9. The van der Waals surface area contributed by atoms with Gasteiger partial charge in [-0.3, -0.25) is 14.2 Å². The summed E-state index contributed by atoms with van der Waals surface area (Å²) in [4.78, 5) is 38.0. The van der Waals surface area contributed by atoms with Crippen LogP contribution < -0.4 is 4.89 Å². The molecule has 2 unspecified atom stereocenters. The number of ether oxygens (including phenoxy) is 2. The third-order valence-corrected chi connectivity index (χ3v) is 16.6. The monoisotopic (exact) mass is 1160 g/mol. The van der Waals surface area contributed by atoms with Crippen LogP contribution in [0.15, 0.2) is 48.6 Å². The lowest BCUT2D eigenvalue weighted by atomic mass is 10.0. The van der Waals surface area contributed by atoms with E-state index in [-0.39, 0.29) is 32.0 Å². The van der Waals surface area contributed by atoms with Crippen molar-refractivity contribution in [1.29, 1.82) is 0 Å². The van der Waals surface area contributed by atoms with E-state index in [1.165, 1.54) is 250 Å². The standard InChI is InChI=1S/C71H134NO8P/c1-6-8-10-12-14-16-18-20-22-24-26-28-29-30-31-32-33-34-35-36-37-38-39-40-41-42-43-44-46-48-50-52-54-56-58-60-62-64-71(74)80-69(68-79-81(75,76)78-66-65-72(3,4)5)67-77-70(73)63-61-59-57-55-53-51-49-47-45-27-25-23-21-19-17-15-13-11-9-7-2/h8,10,14,16,20,22,26,28,69H,6-7,9,11-13,15,17-19,21,23-25,27,29-68H2,1-5H3/b10-8-,16-14-,22-20-,28-26-. The van der Waals surface area contributed by atoms with Gasteiger partial charge in [0, 0.05) is 12.8 Å². The third-order valence-electron chi connectivity index (χ3n) is 15.6. The molecule has 0 N–H and O–H groups in total. The number of carbonyl (C=O) groups excluding carboxylic acids is 2. The minimum Gasteiger partial charge on any atom is -0.756 e. The largest absolute Gasteiger partial charge is 0.756 e. The predicted octanol–water partition coefficient (Wildman–Crippen LogP) is 21.8. The van der Waals surface area contributed by atoms with Crippen molar-refractivity contribution in [3.05, 3.63) is 48.6 Å². The van der Waals surface area contributed by atoms with E-state index in [1.54, 1.807) is 0 Å². The first-order valence-corrected chi connectivity index (χ1v) is 36.3. The number of nitrogens with zero attached hydrogens (tertiary/aromatic N) is 1. The summed E-state index contributed by atoms with van der Waals surface area (Å²) < 4.78 is 34.3. The quantitative estimate of drug-likeness (QED) is 0.0195. The minimum absolute atomic E-state index is 0.0274. The van der Waals surface area contributed by atoms with Gasteiger partial charge in [0.2, 0.25) is 0 Å². The second-order valence-electron chi connectivity index (χ2n) is 24.9. The molecule has 0 aromatic carbocycles. The molecule has 0 aliphatic heterocycles. The number of allylic oxidation sites excluding steroid dienone is 8. The van der Waals surface area contributed by atoms with Crippen LogP contribution >= 0.6 is 7.82 Å². The topological polar surface area (TPSA) is 111 Å². The van der Waals surface area contributed by atoms with Crippen molar-refractivity contribution in [3.63, 3.8) is 0 Å². The van der Waals surface area contributed by atoms with Crippen molar-refractivity contribution in [2.24, 2.45) is 0 Å². The molecule has 0 saturated carbocycles. The molecule has 0 aromatic rings. The first-order valence-electron chi connectivity index (χ1n) is 34.8. The molecule has 0 heterocycles. The van der Waals surface area contributed by atoms with Gasteiger partial charge in [-0.05, 0) is 51.4 Å². The summed E-state index contributed by atoms with van der Waals surface area (Å²) in [7, 11) is 1.19. The summed E-state index contributed by atoms with van der Waals surface area (Å²) in [6.45, 7) is 4.19. The average molecular weight is 1160 g/mol. The van der Waals surface area contributed by atoms with Gasteiger partial charge in [0.25, 0.3) is 7.82 Å². The summed E-state index contributed by atoms with van der Waals surface area (Å²) in [5.74, 6) is -0.811. The number of unbranched alkanes of at least 4 members (excludes halogenated alkanes) is 43. The fourth-order valence-corrected chi connectivity index (χ4v) is 11.0. The van der Waals surface area contributed by atoms with E-state index in [2.05, 4.69) is 62.5 Å². The van der Waals surface area contributed by atoms with E-state index in [9.17, 15) is 19.0 Å². The molecule has 0 aliphatic rings. The Bertz CT molecular complexity index is 1510. The number of hydrogen-bond donors (Lipinski definition) is 0. The van der Waals surface area contributed by atoms with Gasteiger partial charge in [0.15, 0.2) is 6.10 Å². The molecule has 476 valence electrons. The summed E-state index contributed by atoms with van der Waals surface area (Å²) in [6, 6.07) is 0. The number of carbonyl (C=O) groups is 2. The zero-order valence-corrected chi connectivity index (χ0v) is 55.1. The van der Waals surface area contributed by atoms with Crippen LogP contribution in [-0.4, -0.2) is 70.0 Å². The van der Waals surface area contributed by atoms with Gasteiger partial charge in [-0.1, -0.05) is 326 Å². The molecule has 0 radical (unpaired) electrons. The van der Waals surface area contributed by atoms with E-state index in [0.29, 0.717) is 17.4 Å². The smallest absolute Gasteiger partial charge is 0.306 e. The molecule has 9 nitrogen and oxygen atoms in total. The van der Waals surface area contributed by atoms with Crippen molar-refractivity contribution in [3.8, 4) is 0 Å². The molecule has 2 atom stereocenters. The van der Waals surface area contributed by atoms with Gasteiger partial charge in [-0.25, -0.2) is 0 Å². The van der Waals surface area contributed by atoms with Crippen molar-refractivity contribution in [2.45, 2.75) is 347 Å². The van der Waals surface area contributed by atoms with Gasteiger partial charge in [-0.2, -0.15) is 0 Å². The summed E-state index contributed by atoms with van der Waals surface area (Å²) in [6.07, 6.45) is 80.6. The van der Waals surface area contributed by atoms with Crippen molar-refractivity contribution < 1.29 is 42.1 Å². The molecule has 0 aliphatic carbocycles. The molecule has 0 amide bonds. The molecular weight excluding hydrogens is 1030 g/mol. The zero-order chi connectivity index (χ0) is 59.1. The summed E-state index contributed by atoms with van der Waals surface area (Å²) in [5.41, 5.74) is 0. The maximum absolute atomic E-state index is 12.9. The lowest BCUT2D eigenvalue weighted by Crippen LogP contribution is -2.37. The second-order valence-corrected chi connectivity index (χ2v) is 26.3. The van der Waals surface area contributed by atoms with Crippen LogP contribution in [-0.2, 0) is 32.7 Å². The van der Waals surface area contributed by atoms with E-state index >= 15 is 0 Å². The Morgan fingerprint density at radius 3 is 1.05 bits per heavy atom. The Labute approximate surface area is 503 Å². The number of phosphoric acid groups is 1. The predicted molar refractivity (Wildman–Crippen MR) is 347 cm³/mol. The maximum Gasteiger partial charge on any atom is 0.306 e. The summed E-state index contributed by atoms with van der Waals surface area (Å²) >= 11 is 0. The highest BCUT2D eigenvalue weighted by Crippen LogP contribution is 2.38. The van der Waals surface area contributed by atoms with Crippen LogP contribution in [0.4, 0.5) is 0 Å². The number of rotatable bonds is 65. The Morgan fingerprint density at radius 2 is 0.704 bits per heavy atom. The molecule has 0 fully saturated rings. The minimum atomic E-state index is -4.64. The second kappa shape index (κ2) is 62.5. The van der Waals surface area contributed by atoms with E-state index < -0.39 is 26.5 Å². The lowest BCUT2D eigenvalue weighted by molar-refractivity contribution is -0.870. The van der Waals surface area contributed by atoms with Crippen LogP contribution in [0.5, 0.6) is 0 Å². The van der Waals surface area contributed by atoms with Gasteiger partial charge < -0.3 is 27.9 Å². The van der Waals surface area contributed by atoms with Gasteiger partial charge in [0.05, 0.1) is 27.7 Å². The summed E-state index contributed by atoms with van der Waals surface area (Å²) in [5, 5.41) is 0. The third kappa shape index (κ3) is 67.0. The molecule has 0 rings (SSSR count). The van der Waals surface area contributed by atoms with Crippen molar-refractivity contribution >= 4 is 19.8 Å². The molecule has 10 heteroatoms. The van der Waals surface area contributed by atoms with E-state index in [4.69, 9.17) is 18.5 Å². The van der Waals surface area contributed by atoms with E-state index in [0.717, 1.165) is 57.8 Å². The highest BCUT2D eigenvalue weighted by Gasteiger charge is 2.22. The van der Waals surface area contributed by atoms with Gasteiger partial charge >= 0.3 is 11.9 Å². The van der Waals surface area contributed by atoms with Crippen LogP contribution in [0.1, 0.15) is 341 Å². The van der Waals surface area contributed by atoms with Crippen molar-refractivity contribution in [1.82, 2.24) is 0 Å². The lowest BCUT2D eigenvalue weighted by Gasteiger charge is -2.28. The van der Waals surface area contributed by atoms with Crippen LogP contribution in [0, 0.1) is 0 Å². The SMILES string of the molecule is CC/C=C\C/C=C\C/C=C\C/C=C\CCCCCCCCCCCCCCCCCCCCCCCCCCC(=O)OC(COC(=O)CCCCCCCCCCCCCCCCCCCCCC)COP(=O)([O-])OCC[N+](C)(C)C. The van der Waals surface area contributed by atoms with Gasteiger partial charge in [-0.15, -0.1) is 0 Å². The number of quaternary nitrogens is 1. The first-order chi connectivity index (χ1) is 39.5. The van der Waals surface area contributed by atoms with Crippen LogP contribution in [0.3, 0.4) is 0 Å². The van der Waals surface area contributed by atoms with Crippen molar-refractivity contribution in [2.75, 3.05) is 47.5 Å². The van der Waals surface area contributed by atoms with Crippen LogP contribution in [0.25, 0.3) is 0 Å². The first kappa shape index (κ1) is 79.0. The molecule has 0 saturated heterocycles. The molecule has 0 spiro atoms. The van der Waals surface area contributed by atoms with E-state index in [1.807, 2.05) is 21.1 Å². The fourth-order valence-electron chi connectivity index (χ4n) is 10.3. The fraction of sp³-hybridized carbons (Fsp3) is 0.859. The molecular formula is C71H134NO8P. The number of likely N-dealkylation sites (N-methyl/N-ethyl adjacent to an activating group) is 1. The van der Waals surface area contributed by atoms with Gasteiger partial charge in [0.1, 0.15) is 19.8 Å². The Morgan fingerprint density at radius 1 is 0.395 bits per heavy atom. The normalized spacial score (nSPS) is 13.4. The highest BCUT2D eigenvalue weighted by atomic mass is 31.2. The number of phosphoric ester groups is 1. The van der Waals surface area contributed by atoms with Crippen LogP contribution in [0.2, 0.25) is 0 Å². The highest BCUT2D eigenvalue weighted by molar-refractivity contribution is 7.45. The average Bonchev–Trinajstić information content (AvgIpc) is 3.43. The number of esters is 2.